The fourth-order valence-electron chi connectivity index (χ4n) is 1.90. The van der Waals surface area contributed by atoms with Crippen LogP contribution in [0.25, 0.3) is 11.4 Å². The number of carbonyl (C=O) groups excluding carboxylic acids is 1. The molecule has 2 aromatic rings. The van der Waals surface area contributed by atoms with E-state index in [9.17, 15) is 18.0 Å². The Morgan fingerprint density at radius 1 is 1.25 bits per heavy atom. The quantitative estimate of drug-likeness (QED) is 0.874. The van der Waals surface area contributed by atoms with E-state index in [1.165, 1.54) is 6.92 Å². The number of pyridine rings is 1. The van der Waals surface area contributed by atoms with Gasteiger partial charge in [0.05, 0.1) is 0 Å². The molecule has 0 aliphatic carbocycles. The lowest BCUT2D eigenvalue weighted by molar-refractivity contribution is -0.138. The zero-order chi connectivity index (χ0) is 17.7. The summed E-state index contributed by atoms with van der Waals surface area (Å²) >= 11 is 0. The highest BCUT2D eigenvalue weighted by molar-refractivity contribution is 5.84. The van der Waals surface area contributed by atoms with Crippen molar-refractivity contribution in [1.82, 2.24) is 20.3 Å². The molecule has 0 fully saturated rings. The second kappa shape index (κ2) is 7.24. The normalized spacial score (nSPS) is 12.5. The summed E-state index contributed by atoms with van der Waals surface area (Å²) in [5.41, 5.74) is 1.40. The molecule has 0 spiro atoms. The molecule has 24 heavy (non-hydrogen) atoms. The predicted molar refractivity (Wildman–Crippen MR) is 82.1 cm³/mol. The van der Waals surface area contributed by atoms with Crippen molar-refractivity contribution in [2.45, 2.75) is 26.1 Å². The number of halogens is 3. The lowest BCUT2D eigenvalue weighted by atomic mass is 10.2. The van der Waals surface area contributed by atoms with Gasteiger partial charge in [-0.1, -0.05) is 0 Å². The molecule has 9 heteroatoms. The predicted octanol–water partition coefficient (Wildman–Crippen LogP) is 2.33. The number of amides is 1. The Labute approximate surface area is 136 Å². The number of aromatic nitrogens is 3. The van der Waals surface area contributed by atoms with Crippen molar-refractivity contribution in [3.8, 4) is 11.4 Å². The van der Waals surface area contributed by atoms with Crippen molar-refractivity contribution in [1.29, 1.82) is 0 Å². The van der Waals surface area contributed by atoms with Crippen LogP contribution in [0, 0.1) is 6.92 Å². The molecule has 0 saturated heterocycles. The van der Waals surface area contributed by atoms with Gasteiger partial charge in [-0.3, -0.25) is 9.78 Å². The maximum atomic E-state index is 12.1. The fraction of sp³-hybridized carbons (Fsp3) is 0.333. The van der Waals surface area contributed by atoms with Gasteiger partial charge in [0.25, 0.3) is 0 Å². The highest BCUT2D eigenvalue weighted by Gasteiger charge is 2.28. The second-order valence-corrected chi connectivity index (χ2v) is 5.15. The number of alkyl halides is 3. The Kier molecular flexibility index (Phi) is 5.32. The van der Waals surface area contributed by atoms with Gasteiger partial charge in [-0.2, -0.15) is 13.2 Å². The van der Waals surface area contributed by atoms with E-state index in [1.54, 1.807) is 37.5 Å². The molecule has 1 atom stereocenters. The SMILES string of the molecule is Cc1cc(N[C@H](C)C(=O)NCC(F)(F)F)nc(-c2ccncc2)n1. The number of anilines is 1. The van der Waals surface area contributed by atoms with E-state index in [2.05, 4.69) is 20.3 Å². The summed E-state index contributed by atoms with van der Waals surface area (Å²) < 4.78 is 36.4. The zero-order valence-corrected chi connectivity index (χ0v) is 13.1. The molecule has 0 aliphatic heterocycles. The van der Waals surface area contributed by atoms with Gasteiger partial charge in [0.15, 0.2) is 5.82 Å². The van der Waals surface area contributed by atoms with Crippen LogP contribution in [0.1, 0.15) is 12.6 Å². The number of rotatable bonds is 5. The van der Waals surface area contributed by atoms with Crippen molar-refractivity contribution in [2.75, 3.05) is 11.9 Å². The van der Waals surface area contributed by atoms with Gasteiger partial charge in [-0.05, 0) is 26.0 Å². The molecule has 2 aromatic heterocycles. The van der Waals surface area contributed by atoms with Crippen LogP contribution in [0.4, 0.5) is 19.0 Å². The third kappa shape index (κ3) is 5.18. The van der Waals surface area contributed by atoms with Gasteiger partial charge in [0, 0.05) is 29.7 Å². The molecule has 0 saturated carbocycles. The number of hydrogen-bond acceptors (Lipinski definition) is 5. The molecule has 0 unspecified atom stereocenters. The summed E-state index contributed by atoms with van der Waals surface area (Å²) in [6.07, 6.45) is -1.25. The highest BCUT2D eigenvalue weighted by Crippen LogP contribution is 2.17. The summed E-state index contributed by atoms with van der Waals surface area (Å²) in [5.74, 6) is 0.0147. The van der Waals surface area contributed by atoms with Crippen LogP contribution in [0.2, 0.25) is 0 Å². The first-order chi connectivity index (χ1) is 11.2. The number of hydrogen-bond donors (Lipinski definition) is 2. The largest absolute Gasteiger partial charge is 0.405 e. The molecule has 6 nitrogen and oxygen atoms in total. The summed E-state index contributed by atoms with van der Waals surface area (Å²) in [6.45, 7) is 1.84. The molecule has 2 heterocycles. The van der Waals surface area contributed by atoms with E-state index in [1.807, 2.05) is 5.32 Å². The third-order valence-electron chi connectivity index (χ3n) is 3.01. The molecule has 1 amide bonds. The van der Waals surface area contributed by atoms with Crippen LogP contribution in [-0.4, -0.2) is 39.6 Å². The summed E-state index contributed by atoms with van der Waals surface area (Å²) in [6, 6.07) is 4.20. The Hall–Kier alpha value is -2.71. The van der Waals surface area contributed by atoms with Crippen LogP contribution in [0.15, 0.2) is 30.6 Å². The summed E-state index contributed by atoms with van der Waals surface area (Å²) in [7, 11) is 0. The van der Waals surface area contributed by atoms with Gasteiger partial charge in [0.2, 0.25) is 5.91 Å². The topological polar surface area (TPSA) is 79.8 Å². The van der Waals surface area contributed by atoms with Crippen molar-refractivity contribution in [2.24, 2.45) is 0 Å². The van der Waals surface area contributed by atoms with Crippen LogP contribution < -0.4 is 10.6 Å². The van der Waals surface area contributed by atoms with Crippen molar-refractivity contribution in [3.63, 3.8) is 0 Å². The zero-order valence-electron chi connectivity index (χ0n) is 13.1. The molecule has 128 valence electrons. The minimum atomic E-state index is -4.45. The molecule has 0 bridgehead atoms. The van der Waals surface area contributed by atoms with Gasteiger partial charge < -0.3 is 10.6 Å². The number of aryl methyl sites for hydroxylation is 1. The van der Waals surface area contributed by atoms with E-state index in [-0.39, 0.29) is 0 Å². The molecule has 2 N–H and O–H groups in total. The Balaban J connectivity index is 2.09. The van der Waals surface area contributed by atoms with Crippen LogP contribution in [0.5, 0.6) is 0 Å². The molecular formula is C15H16F3N5O. The van der Waals surface area contributed by atoms with Crippen LogP contribution in [-0.2, 0) is 4.79 Å². The van der Waals surface area contributed by atoms with Gasteiger partial charge in [0.1, 0.15) is 18.4 Å². The van der Waals surface area contributed by atoms with E-state index >= 15 is 0 Å². The Bertz CT molecular complexity index is 706. The lowest BCUT2D eigenvalue weighted by Gasteiger charge is -2.16. The van der Waals surface area contributed by atoms with E-state index in [0.29, 0.717) is 17.3 Å². The Morgan fingerprint density at radius 2 is 1.92 bits per heavy atom. The smallest absolute Gasteiger partial charge is 0.359 e. The third-order valence-corrected chi connectivity index (χ3v) is 3.01. The van der Waals surface area contributed by atoms with Gasteiger partial charge in [-0.25, -0.2) is 9.97 Å². The molecule has 0 aliphatic rings. The van der Waals surface area contributed by atoms with Crippen LogP contribution >= 0.6 is 0 Å². The van der Waals surface area contributed by atoms with Crippen molar-refractivity contribution < 1.29 is 18.0 Å². The summed E-state index contributed by atoms with van der Waals surface area (Å²) in [4.78, 5) is 24.2. The number of carbonyl (C=O) groups is 1. The fourth-order valence-corrected chi connectivity index (χ4v) is 1.90. The maximum absolute atomic E-state index is 12.1. The lowest BCUT2D eigenvalue weighted by Crippen LogP contribution is -2.42. The molecule has 2 rings (SSSR count). The van der Waals surface area contributed by atoms with Gasteiger partial charge >= 0.3 is 6.18 Å². The standard InChI is InChI=1S/C15H16F3N5O/c1-9-7-12(22-10(2)14(24)20-8-15(16,17)18)23-13(21-9)11-3-5-19-6-4-11/h3-7,10H,8H2,1-2H3,(H,20,24)(H,21,22,23)/t10-/m1/s1. The Morgan fingerprint density at radius 3 is 2.54 bits per heavy atom. The average molecular weight is 339 g/mol. The first-order valence-corrected chi connectivity index (χ1v) is 7.12. The summed E-state index contributed by atoms with van der Waals surface area (Å²) in [5, 5.41) is 4.61. The average Bonchev–Trinajstić information content (AvgIpc) is 2.52. The molecular weight excluding hydrogens is 323 g/mol. The first-order valence-electron chi connectivity index (χ1n) is 7.12. The minimum Gasteiger partial charge on any atom is -0.359 e. The maximum Gasteiger partial charge on any atom is 0.405 e. The highest BCUT2D eigenvalue weighted by atomic mass is 19.4. The first kappa shape index (κ1) is 17.6. The second-order valence-electron chi connectivity index (χ2n) is 5.15. The van der Waals surface area contributed by atoms with Crippen molar-refractivity contribution >= 4 is 11.7 Å². The number of nitrogens with zero attached hydrogens (tertiary/aromatic N) is 3. The van der Waals surface area contributed by atoms with E-state index in [0.717, 1.165) is 5.56 Å². The van der Waals surface area contributed by atoms with E-state index in [4.69, 9.17) is 0 Å². The molecule has 0 radical (unpaired) electrons. The van der Waals surface area contributed by atoms with Crippen molar-refractivity contribution in [3.05, 3.63) is 36.3 Å². The van der Waals surface area contributed by atoms with Gasteiger partial charge in [-0.15, -0.1) is 0 Å². The molecule has 0 aromatic carbocycles. The number of nitrogens with one attached hydrogen (secondary N) is 2. The minimum absolute atomic E-state index is 0.351. The van der Waals surface area contributed by atoms with E-state index < -0.39 is 24.7 Å². The monoisotopic (exact) mass is 339 g/mol. The van der Waals surface area contributed by atoms with Crippen LogP contribution in [0.3, 0.4) is 0 Å².